The molecule has 24 heavy (non-hydrogen) atoms. The summed E-state index contributed by atoms with van der Waals surface area (Å²) in [6.45, 7) is 0. The second-order valence-electron chi connectivity index (χ2n) is 4.59. The van der Waals surface area contributed by atoms with E-state index in [4.69, 9.17) is 25.8 Å². The monoisotopic (exact) mass is 435 g/mol. The van der Waals surface area contributed by atoms with Crippen molar-refractivity contribution in [1.29, 1.82) is 0 Å². The third kappa shape index (κ3) is 3.88. The van der Waals surface area contributed by atoms with Gasteiger partial charge in [-0.25, -0.2) is 8.42 Å². The Labute approximate surface area is 153 Å². The van der Waals surface area contributed by atoms with Crippen molar-refractivity contribution < 1.29 is 22.6 Å². The van der Waals surface area contributed by atoms with Crippen LogP contribution in [0.15, 0.2) is 39.7 Å². The number of benzene rings is 2. The fourth-order valence-electron chi connectivity index (χ4n) is 1.95. The molecule has 0 saturated heterocycles. The molecular weight excluding hydrogens is 422 g/mol. The Morgan fingerprint density at radius 1 is 0.958 bits per heavy atom. The molecule has 2 aromatic rings. The predicted molar refractivity (Wildman–Crippen MR) is 96.1 cm³/mol. The van der Waals surface area contributed by atoms with E-state index in [1.807, 2.05) is 0 Å². The minimum Gasteiger partial charge on any atom is -0.496 e. The van der Waals surface area contributed by atoms with Crippen LogP contribution in [-0.4, -0.2) is 29.7 Å². The lowest BCUT2D eigenvalue weighted by Crippen LogP contribution is -2.13. The van der Waals surface area contributed by atoms with Gasteiger partial charge in [-0.3, -0.25) is 4.72 Å². The number of hydrogen-bond acceptors (Lipinski definition) is 5. The zero-order chi connectivity index (χ0) is 17.9. The zero-order valence-corrected chi connectivity index (χ0v) is 16.3. The molecule has 0 atom stereocenters. The van der Waals surface area contributed by atoms with Crippen LogP contribution in [0.4, 0.5) is 5.69 Å². The van der Waals surface area contributed by atoms with Crippen molar-refractivity contribution in [3.63, 3.8) is 0 Å². The van der Waals surface area contributed by atoms with Crippen molar-refractivity contribution in [2.45, 2.75) is 4.90 Å². The van der Waals surface area contributed by atoms with Crippen LogP contribution in [0.5, 0.6) is 17.2 Å². The fourth-order valence-corrected chi connectivity index (χ4v) is 4.00. The van der Waals surface area contributed by atoms with Gasteiger partial charge in [-0.2, -0.15) is 0 Å². The van der Waals surface area contributed by atoms with Crippen LogP contribution in [0.1, 0.15) is 0 Å². The molecule has 0 unspecified atom stereocenters. The smallest absolute Gasteiger partial charge is 0.261 e. The number of rotatable bonds is 6. The molecule has 0 heterocycles. The number of halogens is 2. The summed E-state index contributed by atoms with van der Waals surface area (Å²) in [6, 6.07) is 7.35. The summed E-state index contributed by atoms with van der Waals surface area (Å²) in [7, 11) is 0.566. The van der Waals surface area contributed by atoms with Crippen LogP contribution in [0.2, 0.25) is 5.02 Å². The summed E-state index contributed by atoms with van der Waals surface area (Å²) in [5.41, 5.74) is 0.182. The van der Waals surface area contributed by atoms with Crippen molar-refractivity contribution in [3.05, 3.63) is 39.8 Å². The first-order chi connectivity index (χ1) is 11.3. The molecule has 1 N–H and O–H groups in total. The van der Waals surface area contributed by atoms with E-state index in [9.17, 15) is 8.42 Å². The van der Waals surface area contributed by atoms with E-state index in [1.54, 1.807) is 6.07 Å². The minimum absolute atomic E-state index is 0.0565. The lowest BCUT2D eigenvalue weighted by atomic mass is 10.3. The van der Waals surface area contributed by atoms with E-state index in [2.05, 4.69) is 20.7 Å². The Balaban J connectivity index is 2.41. The van der Waals surface area contributed by atoms with E-state index < -0.39 is 10.0 Å². The summed E-state index contributed by atoms with van der Waals surface area (Å²) in [5.74, 6) is 1.28. The maximum absolute atomic E-state index is 12.6. The van der Waals surface area contributed by atoms with Gasteiger partial charge in [-0.05, 0) is 34.1 Å². The summed E-state index contributed by atoms with van der Waals surface area (Å²) in [4.78, 5) is 0.0565. The molecule has 130 valence electrons. The number of anilines is 1. The molecule has 0 fully saturated rings. The highest BCUT2D eigenvalue weighted by Crippen LogP contribution is 2.37. The van der Waals surface area contributed by atoms with Crippen LogP contribution in [0.25, 0.3) is 0 Å². The molecule has 0 spiro atoms. The molecular formula is C15H15BrClNO5S. The van der Waals surface area contributed by atoms with Crippen molar-refractivity contribution in [2.24, 2.45) is 0 Å². The standard InChI is InChI=1S/C15H15BrClNO5S/c1-21-13-5-4-9(6-10(13)16)24(19,20)18-12-8-15(23-3)14(22-2)7-11(12)17/h4-8,18H,1-3H3. The number of methoxy groups -OCH3 is 3. The Morgan fingerprint density at radius 3 is 2.08 bits per heavy atom. The van der Waals surface area contributed by atoms with Gasteiger partial charge in [0.1, 0.15) is 5.75 Å². The van der Waals surface area contributed by atoms with Crippen molar-refractivity contribution in [3.8, 4) is 17.2 Å². The second kappa shape index (κ2) is 7.50. The van der Waals surface area contributed by atoms with E-state index in [0.29, 0.717) is 21.7 Å². The van der Waals surface area contributed by atoms with Gasteiger partial charge in [0.05, 0.1) is 41.4 Å². The molecule has 0 aliphatic carbocycles. The highest BCUT2D eigenvalue weighted by molar-refractivity contribution is 9.10. The quantitative estimate of drug-likeness (QED) is 0.743. The summed E-state index contributed by atoms with van der Waals surface area (Å²) in [5, 5.41) is 0.184. The van der Waals surface area contributed by atoms with Gasteiger partial charge in [0, 0.05) is 12.1 Å². The molecule has 0 aromatic heterocycles. The maximum Gasteiger partial charge on any atom is 0.261 e. The van der Waals surface area contributed by atoms with Gasteiger partial charge in [0.15, 0.2) is 11.5 Å². The second-order valence-corrected chi connectivity index (χ2v) is 7.53. The molecule has 0 saturated carbocycles. The zero-order valence-electron chi connectivity index (χ0n) is 13.1. The normalized spacial score (nSPS) is 11.0. The number of sulfonamides is 1. The van der Waals surface area contributed by atoms with Gasteiger partial charge in [0.25, 0.3) is 10.0 Å². The van der Waals surface area contributed by atoms with Gasteiger partial charge < -0.3 is 14.2 Å². The number of nitrogens with one attached hydrogen (secondary N) is 1. The Hall–Kier alpha value is -1.64. The van der Waals surface area contributed by atoms with E-state index in [0.717, 1.165) is 0 Å². The fraction of sp³-hybridized carbons (Fsp3) is 0.200. The van der Waals surface area contributed by atoms with Crippen LogP contribution < -0.4 is 18.9 Å². The van der Waals surface area contributed by atoms with Crippen LogP contribution in [0, 0.1) is 0 Å². The van der Waals surface area contributed by atoms with Crippen molar-refractivity contribution in [1.82, 2.24) is 0 Å². The Kier molecular flexibility index (Phi) is 5.84. The third-order valence-electron chi connectivity index (χ3n) is 3.15. The molecule has 0 aliphatic rings. The van der Waals surface area contributed by atoms with Gasteiger partial charge in [-0.15, -0.1) is 0 Å². The largest absolute Gasteiger partial charge is 0.496 e. The number of hydrogen-bond donors (Lipinski definition) is 1. The molecule has 0 bridgehead atoms. The molecule has 0 aliphatic heterocycles. The first-order valence-electron chi connectivity index (χ1n) is 6.60. The summed E-state index contributed by atoms with van der Waals surface area (Å²) >= 11 is 9.38. The molecule has 6 nitrogen and oxygen atoms in total. The first-order valence-corrected chi connectivity index (χ1v) is 9.25. The predicted octanol–water partition coefficient (Wildman–Crippen LogP) is 3.93. The SMILES string of the molecule is COc1ccc(S(=O)(=O)Nc2cc(OC)c(OC)cc2Cl)cc1Br. The van der Waals surface area contributed by atoms with Crippen LogP contribution >= 0.6 is 27.5 Å². The lowest BCUT2D eigenvalue weighted by Gasteiger charge is -2.14. The average Bonchev–Trinajstić information content (AvgIpc) is 2.55. The van der Waals surface area contributed by atoms with Crippen molar-refractivity contribution in [2.75, 3.05) is 26.1 Å². The highest BCUT2D eigenvalue weighted by Gasteiger charge is 2.19. The molecule has 0 amide bonds. The van der Waals surface area contributed by atoms with E-state index in [-0.39, 0.29) is 15.6 Å². The van der Waals surface area contributed by atoms with Crippen molar-refractivity contribution >= 4 is 43.2 Å². The molecule has 9 heteroatoms. The average molecular weight is 437 g/mol. The summed E-state index contributed by atoms with van der Waals surface area (Å²) in [6.07, 6.45) is 0. The van der Waals surface area contributed by atoms with Gasteiger partial charge in [0.2, 0.25) is 0 Å². The molecule has 2 rings (SSSR count). The third-order valence-corrected chi connectivity index (χ3v) is 5.45. The van der Waals surface area contributed by atoms with E-state index >= 15 is 0 Å². The lowest BCUT2D eigenvalue weighted by molar-refractivity contribution is 0.355. The number of ether oxygens (including phenoxy) is 3. The van der Waals surface area contributed by atoms with E-state index in [1.165, 1.54) is 45.6 Å². The van der Waals surface area contributed by atoms with Gasteiger partial charge in [-0.1, -0.05) is 11.6 Å². The highest BCUT2D eigenvalue weighted by atomic mass is 79.9. The Morgan fingerprint density at radius 2 is 1.54 bits per heavy atom. The molecule has 2 aromatic carbocycles. The Bertz CT molecular complexity index is 857. The molecule has 0 radical (unpaired) electrons. The van der Waals surface area contributed by atoms with Crippen LogP contribution in [-0.2, 0) is 10.0 Å². The van der Waals surface area contributed by atoms with Gasteiger partial charge >= 0.3 is 0 Å². The topological polar surface area (TPSA) is 73.9 Å². The maximum atomic E-state index is 12.6. The van der Waals surface area contributed by atoms with Crippen LogP contribution in [0.3, 0.4) is 0 Å². The first kappa shape index (κ1) is 18.7. The minimum atomic E-state index is -3.84. The summed E-state index contributed by atoms with van der Waals surface area (Å²) < 4.78 is 43.4.